The van der Waals surface area contributed by atoms with E-state index in [0.717, 1.165) is 49.1 Å². The predicted molar refractivity (Wildman–Crippen MR) is 134 cm³/mol. The maximum absolute atomic E-state index is 15.0. The van der Waals surface area contributed by atoms with E-state index in [1.807, 2.05) is 13.0 Å². The third kappa shape index (κ3) is 5.87. The van der Waals surface area contributed by atoms with Crippen LogP contribution in [0.4, 0.5) is 22.0 Å². The molecule has 3 aromatic rings. The van der Waals surface area contributed by atoms with Crippen LogP contribution in [0.2, 0.25) is 0 Å². The Labute approximate surface area is 213 Å². The van der Waals surface area contributed by atoms with Gasteiger partial charge in [-0.15, -0.1) is 0 Å². The summed E-state index contributed by atoms with van der Waals surface area (Å²) < 4.78 is 84.7. The highest BCUT2D eigenvalue weighted by Gasteiger charge is 2.23. The van der Waals surface area contributed by atoms with Gasteiger partial charge in [0.25, 0.3) is 0 Å². The van der Waals surface area contributed by atoms with Gasteiger partial charge >= 0.3 is 0 Å². The van der Waals surface area contributed by atoms with E-state index in [0.29, 0.717) is 18.9 Å². The fourth-order valence-corrected chi connectivity index (χ4v) is 4.71. The Kier molecular flexibility index (Phi) is 8.64. The van der Waals surface area contributed by atoms with Crippen LogP contribution in [0.15, 0.2) is 54.6 Å². The van der Waals surface area contributed by atoms with Gasteiger partial charge in [-0.2, -0.15) is 4.39 Å². The summed E-state index contributed by atoms with van der Waals surface area (Å²) in [6.45, 7) is 4.39. The Morgan fingerprint density at radius 2 is 1.46 bits per heavy atom. The normalized spacial score (nSPS) is 17.9. The fraction of sp³-hybridized carbons (Fsp3) is 0.333. The molecule has 0 amide bonds. The van der Waals surface area contributed by atoms with E-state index in [1.165, 1.54) is 12.1 Å². The standard InChI is InChI=1S/C30H29F5O2/c1-3-5-19-7-10-20(37-17-19)9-6-18-8-11-21(25(31)16-18)22-12-13-23(28(33)27(22)32)24-14-15-26(36-4-2)30(35)29(24)34/h3,5,8,11-16,19-20H,4,6-7,9-10,17H2,1-2H3/b5-3+. The summed E-state index contributed by atoms with van der Waals surface area (Å²) in [6, 6.07) is 8.94. The van der Waals surface area contributed by atoms with Crippen molar-refractivity contribution in [2.45, 2.75) is 45.6 Å². The molecule has 196 valence electrons. The second-order valence-electron chi connectivity index (χ2n) is 9.13. The second kappa shape index (κ2) is 11.9. The highest BCUT2D eigenvalue weighted by Crippen LogP contribution is 2.36. The summed E-state index contributed by atoms with van der Waals surface area (Å²) in [4.78, 5) is 0. The monoisotopic (exact) mass is 516 g/mol. The number of hydrogen-bond donors (Lipinski definition) is 0. The number of benzene rings is 3. The summed E-state index contributed by atoms with van der Waals surface area (Å²) in [5.74, 6) is -5.97. The van der Waals surface area contributed by atoms with Crippen LogP contribution in [0.25, 0.3) is 22.3 Å². The predicted octanol–water partition coefficient (Wildman–Crippen LogP) is 8.42. The molecule has 1 heterocycles. The van der Waals surface area contributed by atoms with Crippen LogP contribution in [-0.2, 0) is 11.2 Å². The van der Waals surface area contributed by atoms with E-state index < -0.39 is 40.2 Å². The SMILES string of the molecule is C/C=C/C1CCC(CCc2ccc(-c3ccc(-c4ccc(OCC)c(F)c4F)c(F)c3F)c(F)c2)OC1. The number of ether oxygens (including phenoxy) is 2. The maximum Gasteiger partial charge on any atom is 0.201 e. The molecule has 1 fully saturated rings. The zero-order valence-corrected chi connectivity index (χ0v) is 20.8. The van der Waals surface area contributed by atoms with Crippen LogP contribution in [0.3, 0.4) is 0 Å². The van der Waals surface area contributed by atoms with Gasteiger partial charge in [0.2, 0.25) is 5.82 Å². The molecule has 0 spiro atoms. The van der Waals surface area contributed by atoms with Crippen LogP contribution >= 0.6 is 0 Å². The van der Waals surface area contributed by atoms with Crippen LogP contribution in [0, 0.1) is 35.0 Å². The van der Waals surface area contributed by atoms with Gasteiger partial charge < -0.3 is 9.47 Å². The largest absolute Gasteiger partial charge is 0.491 e. The minimum Gasteiger partial charge on any atom is -0.491 e. The molecule has 2 atom stereocenters. The van der Waals surface area contributed by atoms with Gasteiger partial charge in [0.05, 0.1) is 19.3 Å². The smallest absolute Gasteiger partial charge is 0.201 e. The topological polar surface area (TPSA) is 18.5 Å². The molecule has 7 heteroatoms. The van der Waals surface area contributed by atoms with Crippen molar-refractivity contribution >= 4 is 0 Å². The Hall–Kier alpha value is -3.19. The van der Waals surface area contributed by atoms with Crippen molar-refractivity contribution in [2.24, 2.45) is 5.92 Å². The first-order valence-corrected chi connectivity index (χ1v) is 12.5. The molecule has 0 aromatic heterocycles. The van der Waals surface area contributed by atoms with Crippen LogP contribution < -0.4 is 4.74 Å². The Balaban J connectivity index is 1.51. The molecule has 1 saturated heterocycles. The van der Waals surface area contributed by atoms with Crippen molar-refractivity contribution in [3.63, 3.8) is 0 Å². The molecule has 37 heavy (non-hydrogen) atoms. The van der Waals surface area contributed by atoms with E-state index in [9.17, 15) is 17.6 Å². The molecule has 2 nitrogen and oxygen atoms in total. The third-order valence-electron chi connectivity index (χ3n) is 6.67. The lowest BCUT2D eigenvalue weighted by molar-refractivity contribution is -0.00790. The van der Waals surface area contributed by atoms with E-state index in [4.69, 9.17) is 9.47 Å². The molecule has 0 radical (unpaired) electrons. The van der Waals surface area contributed by atoms with Crippen molar-refractivity contribution in [1.29, 1.82) is 0 Å². The molecule has 0 aliphatic carbocycles. The second-order valence-corrected chi connectivity index (χ2v) is 9.13. The van der Waals surface area contributed by atoms with E-state index in [-0.39, 0.29) is 29.6 Å². The Morgan fingerprint density at radius 1 is 0.838 bits per heavy atom. The lowest BCUT2D eigenvalue weighted by Crippen LogP contribution is -2.25. The summed E-state index contributed by atoms with van der Waals surface area (Å²) in [6.07, 6.45) is 7.60. The highest BCUT2D eigenvalue weighted by molar-refractivity contribution is 5.73. The Morgan fingerprint density at radius 3 is 2.05 bits per heavy atom. The molecule has 0 N–H and O–H groups in total. The van der Waals surface area contributed by atoms with Crippen molar-refractivity contribution in [3.05, 3.63) is 89.3 Å². The summed E-state index contributed by atoms with van der Waals surface area (Å²) in [5.41, 5.74) is -0.621. The number of rotatable bonds is 8. The van der Waals surface area contributed by atoms with Crippen LogP contribution in [-0.4, -0.2) is 19.3 Å². The van der Waals surface area contributed by atoms with Crippen LogP contribution in [0.1, 0.15) is 38.7 Å². The van der Waals surface area contributed by atoms with Gasteiger partial charge in [0.1, 0.15) is 5.82 Å². The summed E-state index contributed by atoms with van der Waals surface area (Å²) in [5, 5.41) is 0. The van der Waals surface area contributed by atoms with E-state index in [2.05, 4.69) is 6.08 Å². The van der Waals surface area contributed by atoms with Crippen LogP contribution in [0.5, 0.6) is 5.75 Å². The molecule has 1 aliphatic rings. The Bertz CT molecular complexity index is 1280. The molecule has 0 bridgehead atoms. The first-order valence-electron chi connectivity index (χ1n) is 12.5. The molecule has 4 rings (SSSR count). The molecular weight excluding hydrogens is 487 g/mol. The van der Waals surface area contributed by atoms with Crippen molar-refractivity contribution < 1.29 is 31.4 Å². The maximum atomic E-state index is 15.0. The average molecular weight is 517 g/mol. The summed E-state index contributed by atoms with van der Waals surface area (Å²) >= 11 is 0. The van der Waals surface area contributed by atoms with E-state index >= 15 is 4.39 Å². The lowest BCUT2D eigenvalue weighted by atomic mass is 9.94. The number of hydrogen-bond acceptors (Lipinski definition) is 2. The zero-order chi connectivity index (χ0) is 26.5. The molecule has 1 aliphatic heterocycles. The third-order valence-corrected chi connectivity index (χ3v) is 6.67. The first kappa shape index (κ1) is 26.9. The van der Waals surface area contributed by atoms with Gasteiger partial charge in [-0.05, 0) is 63.3 Å². The minimum atomic E-state index is -1.39. The summed E-state index contributed by atoms with van der Waals surface area (Å²) in [7, 11) is 0. The first-order chi connectivity index (χ1) is 17.8. The molecule has 0 saturated carbocycles. The van der Waals surface area contributed by atoms with Gasteiger partial charge in [0, 0.05) is 28.2 Å². The minimum absolute atomic E-state index is 0.108. The quantitative estimate of drug-likeness (QED) is 0.221. The van der Waals surface area contributed by atoms with Gasteiger partial charge in [-0.3, -0.25) is 0 Å². The van der Waals surface area contributed by atoms with E-state index in [1.54, 1.807) is 13.0 Å². The van der Waals surface area contributed by atoms with Crippen molar-refractivity contribution in [2.75, 3.05) is 13.2 Å². The average Bonchev–Trinajstić information content (AvgIpc) is 2.89. The number of halogens is 5. The number of allylic oxidation sites excluding steroid dienone is 1. The molecule has 3 aromatic carbocycles. The van der Waals surface area contributed by atoms with Gasteiger partial charge in [-0.1, -0.05) is 36.4 Å². The van der Waals surface area contributed by atoms with Crippen molar-refractivity contribution in [1.82, 2.24) is 0 Å². The molecular formula is C30H29F5O2. The van der Waals surface area contributed by atoms with Crippen molar-refractivity contribution in [3.8, 4) is 28.0 Å². The fourth-order valence-electron chi connectivity index (χ4n) is 4.71. The lowest BCUT2D eigenvalue weighted by Gasteiger charge is -2.27. The zero-order valence-electron chi connectivity index (χ0n) is 20.8. The van der Waals surface area contributed by atoms with Gasteiger partial charge in [-0.25, -0.2) is 17.6 Å². The van der Waals surface area contributed by atoms with Gasteiger partial charge in [0.15, 0.2) is 23.2 Å². The number of aryl methyl sites for hydroxylation is 1. The molecule has 2 unspecified atom stereocenters. The highest BCUT2D eigenvalue weighted by atomic mass is 19.2.